The Morgan fingerprint density at radius 3 is 2.74 bits per heavy atom. The SMILES string of the molecule is CS(=O)(=O)CCCC(=O)c1cc2cc(F)ccc2s1. The molecule has 0 aliphatic carbocycles. The number of sulfone groups is 1. The lowest BCUT2D eigenvalue weighted by Crippen LogP contribution is -2.05. The van der Waals surface area contributed by atoms with Gasteiger partial charge in [0.25, 0.3) is 0 Å². The summed E-state index contributed by atoms with van der Waals surface area (Å²) in [5.74, 6) is -0.412. The molecule has 0 radical (unpaired) electrons. The fraction of sp³-hybridized carbons (Fsp3) is 0.308. The van der Waals surface area contributed by atoms with Crippen molar-refractivity contribution in [3.8, 4) is 0 Å². The van der Waals surface area contributed by atoms with Crippen molar-refractivity contribution in [3.63, 3.8) is 0 Å². The lowest BCUT2D eigenvalue weighted by atomic mass is 10.2. The van der Waals surface area contributed by atoms with Crippen LogP contribution in [0.3, 0.4) is 0 Å². The van der Waals surface area contributed by atoms with Gasteiger partial charge in [0.1, 0.15) is 15.7 Å². The molecular formula is C13H13FO3S2. The molecule has 2 aromatic rings. The second-order valence-corrected chi connectivity index (χ2v) is 7.79. The molecule has 0 N–H and O–H groups in total. The second kappa shape index (κ2) is 5.38. The zero-order chi connectivity index (χ0) is 14.0. The molecule has 0 amide bonds. The standard InChI is InChI=1S/C13H13FO3S2/c1-19(16,17)6-2-3-11(15)13-8-9-7-10(14)4-5-12(9)18-13/h4-5,7-8H,2-3,6H2,1H3. The molecule has 0 saturated carbocycles. The van der Waals surface area contributed by atoms with Crippen molar-refractivity contribution >= 4 is 37.0 Å². The molecule has 0 aliphatic heterocycles. The van der Waals surface area contributed by atoms with Crippen molar-refractivity contribution in [2.45, 2.75) is 12.8 Å². The summed E-state index contributed by atoms with van der Waals surface area (Å²) < 4.78 is 35.8. The molecule has 19 heavy (non-hydrogen) atoms. The third-order valence-electron chi connectivity index (χ3n) is 2.67. The molecule has 1 aromatic carbocycles. The smallest absolute Gasteiger partial charge is 0.172 e. The topological polar surface area (TPSA) is 51.2 Å². The highest BCUT2D eigenvalue weighted by Gasteiger charge is 2.12. The number of benzene rings is 1. The first-order valence-corrected chi connectivity index (χ1v) is 8.63. The Balaban J connectivity index is 2.09. The fourth-order valence-corrected chi connectivity index (χ4v) is 3.45. The molecule has 0 atom stereocenters. The number of hydrogen-bond acceptors (Lipinski definition) is 4. The van der Waals surface area contributed by atoms with E-state index >= 15 is 0 Å². The molecule has 0 aliphatic rings. The highest BCUT2D eigenvalue weighted by Crippen LogP contribution is 2.27. The Morgan fingerprint density at radius 2 is 2.05 bits per heavy atom. The van der Waals surface area contributed by atoms with Gasteiger partial charge in [-0.2, -0.15) is 0 Å². The summed E-state index contributed by atoms with van der Waals surface area (Å²) in [4.78, 5) is 12.5. The zero-order valence-electron chi connectivity index (χ0n) is 10.3. The maximum absolute atomic E-state index is 13.0. The van der Waals surface area contributed by atoms with Crippen LogP contribution >= 0.6 is 11.3 Å². The first-order chi connectivity index (χ1) is 8.85. The Morgan fingerprint density at radius 1 is 1.32 bits per heavy atom. The third-order valence-corrected chi connectivity index (χ3v) is 4.86. The van der Waals surface area contributed by atoms with Crippen molar-refractivity contribution in [2.24, 2.45) is 0 Å². The predicted octanol–water partition coefficient (Wildman–Crippen LogP) is 3.05. The van der Waals surface area contributed by atoms with Gasteiger partial charge in [-0.1, -0.05) is 0 Å². The average Bonchev–Trinajstić information content (AvgIpc) is 2.70. The van der Waals surface area contributed by atoms with Crippen LogP contribution < -0.4 is 0 Å². The Labute approximate surface area is 115 Å². The van der Waals surface area contributed by atoms with Gasteiger partial charge in [0, 0.05) is 17.4 Å². The van der Waals surface area contributed by atoms with E-state index in [0.29, 0.717) is 16.7 Å². The van der Waals surface area contributed by atoms with E-state index in [1.165, 1.54) is 23.5 Å². The summed E-state index contributed by atoms with van der Waals surface area (Å²) in [6.07, 6.45) is 1.67. The third kappa shape index (κ3) is 3.84. The molecule has 1 aromatic heterocycles. The van der Waals surface area contributed by atoms with E-state index < -0.39 is 9.84 Å². The van der Waals surface area contributed by atoms with Gasteiger partial charge < -0.3 is 0 Å². The van der Waals surface area contributed by atoms with Gasteiger partial charge in [-0.25, -0.2) is 12.8 Å². The molecule has 6 heteroatoms. The van der Waals surface area contributed by atoms with Crippen LogP contribution in [0.1, 0.15) is 22.5 Å². The van der Waals surface area contributed by atoms with Gasteiger partial charge in [0.15, 0.2) is 5.78 Å². The minimum atomic E-state index is -3.03. The van der Waals surface area contributed by atoms with Crippen molar-refractivity contribution < 1.29 is 17.6 Å². The quantitative estimate of drug-likeness (QED) is 0.797. The summed E-state index contributed by atoms with van der Waals surface area (Å²) in [5, 5.41) is 0.705. The molecule has 0 unspecified atom stereocenters. The van der Waals surface area contributed by atoms with Crippen molar-refractivity contribution in [2.75, 3.05) is 12.0 Å². The molecule has 1 heterocycles. The van der Waals surface area contributed by atoms with Crippen LogP contribution in [0.2, 0.25) is 0 Å². The van der Waals surface area contributed by atoms with E-state index in [1.807, 2.05) is 0 Å². The van der Waals surface area contributed by atoms with E-state index in [0.717, 1.165) is 11.0 Å². The molecule has 0 bridgehead atoms. The van der Waals surface area contributed by atoms with Crippen LogP contribution in [0.15, 0.2) is 24.3 Å². The zero-order valence-corrected chi connectivity index (χ0v) is 12.0. The lowest BCUT2D eigenvalue weighted by molar-refractivity contribution is 0.0986. The van der Waals surface area contributed by atoms with Crippen LogP contribution in [0.25, 0.3) is 10.1 Å². The number of halogens is 1. The monoisotopic (exact) mass is 300 g/mol. The van der Waals surface area contributed by atoms with Crippen LogP contribution in [-0.4, -0.2) is 26.2 Å². The highest BCUT2D eigenvalue weighted by molar-refractivity contribution is 7.90. The average molecular weight is 300 g/mol. The Bertz CT molecular complexity index is 717. The van der Waals surface area contributed by atoms with Crippen LogP contribution in [-0.2, 0) is 9.84 Å². The molecule has 3 nitrogen and oxygen atoms in total. The van der Waals surface area contributed by atoms with Gasteiger partial charge in [0.2, 0.25) is 0 Å². The molecular weight excluding hydrogens is 287 g/mol. The Kier molecular flexibility index (Phi) is 4.01. The summed E-state index contributed by atoms with van der Waals surface area (Å²) in [7, 11) is -3.03. The first-order valence-electron chi connectivity index (χ1n) is 5.75. The number of ketones is 1. The van der Waals surface area contributed by atoms with Crippen molar-refractivity contribution in [1.29, 1.82) is 0 Å². The predicted molar refractivity (Wildman–Crippen MR) is 75.1 cm³/mol. The molecule has 102 valence electrons. The van der Waals surface area contributed by atoms with Crippen molar-refractivity contribution in [3.05, 3.63) is 35.0 Å². The molecule has 0 saturated heterocycles. The highest BCUT2D eigenvalue weighted by atomic mass is 32.2. The normalized spacial score (nSPS) is 11.9. The number of rotatable bonds is 5. The maximum Gasteiger partial charge on any atom is 0.172 e. The van der Waals surface area contributed by atoms with Crippen molar-refractivity contribution in [1.82, 2.24) is 0 Å². The van der Waals surface area contributed by atoms with E-state index in [9.17, 15) is 17.6 Å². The number of fused-ring (bicyclic) bond motifs is 1. The summed E-state index contributed by atoms with van der Waals surface area (Å²) in [6, 6.07) is 6.05. The van der Waals surface area contributed by atoms with E-state index in [2.05, 4.69) is 0 Å². The second-order valence-electron chi connectivity index (χ2n) is 4.45. The van der Waals surface area contributed by atoms with E-state index in [1.54, 1.807) is 12.1 Å². The summed E-state index contributed by atoms with van der Waals surface area (Å²) in [6.45, 7) is 0. The number of thiophene rings is 1. The summed E-state index contributed by atoms with van der Waals surface area (Å²) >= 11 is 1.31. The number of carbonyl (C=O) groups excluding carboxylic acids is 1. The number of carbonyl (C=O) groups is 1. The van der Waals surface area contributed by atoms with Gasteiger partial charge in [-0.05, 0) is 36.1 Å². The van der Waals surface area contributed by atoms with Crippen LogP contribution in [0, 0.1) is 5.82 Å². The molecule has 2 rings (SSSR count). The molecule has 0 fully saturated rings. The summed E-state index contributed by atoms with van der Waals surface area (Å²) in [5.41, 5.74) is 0. The Hall–Kier alpha value is -1.27. The number of hydrogen-bond donors (Lipinski definition) is 0. The van der Waals surface area contributed by atoms with Gasteiger partial charge >= 0.3 is 0 Å². The minimum Gasteiger partial charge on any atom is -0.293 e. The van der Waals surface area contributed by atoms with Gasteiger partial charge in [0.05, 0.1) is 10.6 Å². The van der Waals surface area contributed by atoms with Crippen LogP contribution in [0.4, 0.5) is 4.39 Å². The fourth-order valence-electron chi connectivity index (χ4n) is 1.77. The molecule has 0 spiro atoms. The largest absolute Gasteiger partial charge is 0.293 e. The van der Waals surface area contributed by atoms with Crippen LogP contribution in [0.5, 0.6) is 0 Å². The minimum absolute atomic E-state index is 0.0122. The van der Waals surface area contributed by atoms with E-state index in [4.69, 9.17) is 0 Å². The first kappa shape index (κ1) is 14.1. The van der Waals surface area contributed by atoms with Gasteiger partial charge in [-0.3, -0.25) is 4.79 Å². The number of Topliss-reactive ketones (excluding diaryl/α,β-unsaturated/α-hetero) is 1. The van der Waals surface area contributed by atoms with E-state index in [-0.39, 0.29) is 23.8 Å². The maximum atomic E-state index is 13.0. The lowest BCUT2D eigenvalue weighted by Gasteiger charge is -1.97. The van der Waals surface area contributed by atoms with Gasteiger partial charge in [-0.15, -0.1) is 11.3 Å².